The van der Waals surface area contributed by atoms with E-state index >= 15 is 0 Å². The van der Waals surface area contributed by atoms with Crippen LogP contribution in [0.15, 0.2) is 35.1 Å². The zero-order valence-electron chi connectivity index (χ0n) is 11.0. The Morgan fingerprint density at radius 1 is 1.47 bits per heavy atom. The van der Waals surface area contributed by atoms with Crippen molar-refractivity contribution < 1.29 is 4.39 Å². The lowest BCUT2D eigenvalue weighted by Gasteiger charge is -2.18. The van der Waals surface area contributed by atoms with Crippen LogP contribution in [0.1, 0.15) is 24.4 Å². The third-order valence-electron chi connectivity index (χ3n) is 3.23. The number of hydrogen-bond acceptors (Lipinski definition) is 2. The molecule has 1 unspecified atom stereocenters. The van der Waals surface area contributed by atoms with E-state index in [0.717, 1.165) is 24.4 Å². The monoisotopic (exact) mass is 325 g/mol. The fourth-order valence-electron chi connectivity index (χ4n) is 2.16. The molecule has 0 spiro atoms. The normalized spacial score (nSPS) is 12.6. The van der Waals surface area contributed by atoms with Gasteiger partial charge in [-0.3, -0.25) is 0 Å². The molecule has 0 aliphatic rings. The molecule has 0 saturated carbocycles. The summed E-state index contributed by atoms with van der Waals surface area (Å²) in [6.07, 6.45) is 4.48. The van der Waals surface area contributed by atoms with Gasteiger partial charge in [-0.15, -0.1) is 0 Å². The van der Waals surface area contributed by atoms with Gasteiger partial charge in [0.05, 0.1) is 4.47 Å². The molecule has 3 nitrogen and oxygen atoms in total. The molecule has 0 aliphatic heterocycles. The largest absolute Gasteiger partial charge is 0.335 e. The van der Waals surface area contributed by atoms with E-state index < -0.39 is 0 Å². The second-order valence-corrected chi connectivity index (χ2v) is 5.11. The van der Waals surface area contributed by atoms with Gasteiger partial charge in [-0.25, -0.2) is 9.37 Å². The van der Waals surface area contributed by atoms with E-state index in [9.17, 15) is 4.39 Å². The highest BCUT2D eigenvalue weighted by atomic mass is 79.9. The van der Waals surface area contributed by atoms with Crippen LogP contribution in [-0.4, -0.2) is 16.6 Å². The molecule has 2 aromatic rings. The van der Waals surface area contributed by atoms with Crippen LogP contribution in [0.5, 0.6) is 0 Å². The van der Waals surface area contributed by atoms with E-state index in [1.165, 1.54) is 6.07 Å². The standard InChI is InChI=1S/C14H17BrFN3/c1-3-19-8-7-18-13(19)9-12(17-2)10-5-4-6-11(16)14(10)15/h4-8,12,17H,3,9H2,1-2H3. The van der Waals surface area contributed by atoms with Crippen molar-refractivity contribution in [2.24, 2.45) is 0 Å². The van der Waals surface area contributed by atoms with Crippen molar-refractivity contribution in [3.8, 4) is 0 Å². The Bertz CT molecular complexity index is 553. The number of imidazole rings is 1. The topological polar surface area (TPSA) is 29.9 Å². The van der Waals surface area contributed by atoms with Crippen LogP contribution in [-0.2, 0) is 13.0 Å². The van der Waals surface area contributed by atoms with Gasteiger partial charge in [-0.05, 0) is 41.5 Å². The summed E-state index contributed by atoms with van der Waals surface area (Å²) in [6.45, 7) is 2.97. The highest BCUT2D eigenvalue weighted by molar-refractivity contribution is 9.10. The summed E-state index contributed by atoms with van der Waals surface area (Å²) in [5, 5.41) is 3.23. The maximum Gasteiger partial charge on any atom is 0.137 e. The Morgan fingerprint density at radius 2 is 2.26 bits per heavy atom. The minimum Gasteiger partial charge on any atom is -0.335 e. The highest BCUT2D eigenvalue weighted by Gasteiger charge is 2.17. The number of likely N-dealkylation sites (N-methyl/N-ethyl adjacent to an activating group) is 1. The smallest absolute Gasteiger partial charge is 0.137 e. The van der Waals surface area contributed by atoms with Gasteiger partial charge in [0.1, 0.15) is 11.6 Å². The Hall–Kier alpha value is -1.20. The van der Waals surface area contributed by atoms with Gasteiger partial charge < -0.3 is 9.88 Å². The van der Waals surface area contributed by atoms with Crippen molar-refractivity contribution in [3.05, 3.63) is 52.3 Å². The molecule has 0 radical (unpaired) electrons. The molecule has 0 aliphatic carbocycles. The van der Waals surface area contributed by atoms with E-state index in [-0.39, 0.29) is 11.9 Å². The first-order chi connectivity index (χ1) is 9.17. The van der Waals surface area contributed by atoms with Gasteiger partial charge in [0, 0.05) is 31.4 Å². The molecule has 1 atom stereocenters. The minimum absolute atomic E-state index is 0.0257. The fraction of sp³-hybridized carbons (Fsp3) is 0.357. The molecule has 1 heterocycles. The van der Waals surface area contributed by atoms with Gasteiger partial charge in [0.2, 0.25) is 0 Å². The first-order valence-corrected chi connectivity index (χ1v) is 7.07. The van der Waals surface area contributed by atoms with Gasteiger partial charge in [-0.2, -0.15) is 0 Å². The van der Waals surface area contributed by atoms with E-state index in [2.05, 4.69) is 37.7 Å². The lowest BCUT2D eigenvalue weighted by atomic mass is 10.0. The van der Waals surface area contributed by atoms with Crippen molar-refractivity contribution >= 4 is 15.9 Å². The summed E-state index contributed by atoms with van der Waals surface area (Å²) in [5.41, 5.74) is 0.910. The Kier molecular flexibility index (Phi) is 4.71. The molecule has 0 saturated heterocycles. The molecule has 0 amide bonds. The zero-order valence-corrected chi connectivity index (χ0v) is 12.6. The van der Waals surface area contributed by atoms with Crippen LogP contribution < -0.4 is 5.32 Å². The van der Waals surface area contributed by atoms with Crippen molar-refractivity contribution in [2.75, 3.05) is 7.05 Å². The maximum absolute atomic E-state index is 13.6. The van der Waals surface area contributed by atoms with Gasteiger partial charge in [0.15, 0.2) is 0 Å². The highest BCUT2D eigenvalue weighted by Crippen LogP contribution is 2.27. The molecule has 2 rings (SSSR count). The average Bonchev–Trinajstić information content (AvgIpc) is 2.87. The van der Waals surface area contributed by atoms with Gasteiger partial charge >= 0.3 is 0 Å². The molecule has 102 valence electrons. The van der Waals surface area contributed by atoms with Crippen molar-refractivity contribution in [1.29, 1.82) is 0 Å². The molecule has 1 aromatic heterocycles. The van der Waals surface area contributed by atoms with Crippen molar-refractivity contribution in [2.45, 2.75) is 25.9 Å². The summed E-state index contributed by atoms with van der Waals surface area (Å²) >= 11 is 3.32. The quantitative estimate of drug-likeness (QED) is 0.914. The van der Waals surface area contributed by atoms with E-state index in [1.807, 2.05) is 19.3 Å². The second kappa shape index (κ2) is 6.30. The first-order valence-electron chi connectivity index (χ1n) is 6.28. The molecule has 1 aromatic carbocycles. The van der Waals surface area contributed by atoms with E-state index in [0.29, 0.717) is 4.47 Å². The Morgan fingerprint density at radius 3 is 2.95 bits per heavy atom. The Balaban J connectivity index is 2.28. The number of nitrogens with one attached hydrogen (secondary N) is 1. The number of hydrogen-bond donors (Lipinski definition) is 1. The van der Waals surface area contributed by atoms with E-state index in [1.54, 1.807) is 12.3 Å². The minimum atomic E-state index is -0.239. The summed E-state index contributed by atoms with van der Waals surface area (Å²) in [7, 11) is 1.88. The molecule has 0 fully saturated rings. The van der Waals surface area contributed by atoms with Gasteiger partial charge in [0.25, 0.3) is 0 Å². The molecule has 5 heteroatoms. The lowest BCUT2D eigenvalue weighted by Crippen LogP contribution is -2.21. The number of aromatic nitrogens is 2. The predicted molar refractivity (Wildman–Crippen MR) is 77.5 cm³/mol. The summed E-state index contributed by atoms with van der Waals surface area (Å²) in [4.78, 5) is 4.37. The van der Waals surface area contributed by atoms with Crippen LogP contribution in [0.25, 0.3) is 0 Å². The number of nitrogens with zero attached hydrogens (tertiary/aromatic N) is 2. The van der Waals surface area contributed by atoms with Crippen LogP contribution in [0, 0.1) is 5.82 Å². The van der Waals surface area contributed by atoms with Crippen LogP contribution in [0.2, 0.25) is 0 Å². The molecular weight excluding hydrogens is 309 g/mol. The summed E-state index contributed by atoms with van der Waals surface area (Å²) in [5.74, 6) is 0.759. The van der Waals surface area contributed by atoms with Crippen LogP contribution in [0.3, 0.4) is 0 Å². The molecule has 0 bridgehead atoms. The number of halogens is 2. The summed E-state index contributed by atoms with van der Waals surface area (Å²) < 4.78 is 16.2. The SMILES string of the molecule is CCn1ccnc1CC(NC)c1cccc(F)c1Br. The first kappa shape index (κ1) is 14.2. The molecule has 19 heavy (non-hydrogen) atoms. The second-order valence-electron chi connectivity index (χ2n) is 4.32. The third-order valence-corrected chi connectivity index (χ3v) is 4.07. The maximum atomic E-state index is 13.6. The predicted octanol–water partition coefficient (Wildman–Crippen LogP) is 3.31. The third kappa shape index (κ3) is 3.04. The number of aryl methyl sites for hydroxylation is 1. The zero-order chi connectivity index (χ0) is 13.8. The van der Waals surface area contributed by atoms with Crippen LogP contribution >= 0.6 is 15.9 Å². The number of rotatable bonds is 5. The number of benzene rings is 1. The Labute approximate surface area is 121 Å². The van der Waals surface area contributed by atoms with Gasteiger partial charge in [-0.1, -0.05) is 12.1 Å². The van der Waals surface area contributed by atoms with Crippen LogP contribution in [0.4, 0.5) is 4.39 Å². The average molecular weight is 326 g/mol. The van der Waals surface area contributed by atoms with E-state index in [4.69, 9.17) is 0 Å². The van der Waals surface area contributed by atoms with Crippen molar-refractivity contribution in [1.82, 2.24) is 14.9 Å². The lowest BCUT2D eigenvalue weighted by molar-refractivity contribution is 0.542. The molecular formula is C14H17BrFN3. The molecule has 1 N–H and O–H groups in total. The van der Waals surface area contributed by atoms with Crippen molar-refractivity contribution in [3.63, 3.8) is 0 Å². The summed E-state index contributed by atoms with van der Waals surface area (Å²) in [6, 6.07) is 5.13. The fourth-order valence-corrected chi connectivity index (χ4v) is 2.70.